The van der Waals surface area contributed by atoms with E-state index in [0.29, 0.717) is 6.04 Å². The van der Waals surface area contributed by atoms with Gasteiger partial charge in [0.25, 0.3) is 0 Å². The SMILES string of the molecule is N#CCC(=O)NC1CCSC1. The number of rotatable bonds is 2. The molecular formula is C7H10N2OS. The van der Waals surface area contributed by atoms with Crippen LogP contribution in [0.25, 0.3) is 0 Å². The molecule has 3 nitrogen and oxygen atoms in total. The molecule has 1 saturated heterocycles. The van der Waals surface area contributed by atoms with Gasteiger partial charge in [0.2, 0.25) is 5.91 Å². The molecule has 60 valence electrons. The Morgan fingerprint density at radius 3 is 3.18 bits per heavy atom. The van der Waals surface area contributed by atoms with Crippen molar-refractivity contribution in [1.82, 2.24) is 5.32 Å². The van der Waals surface area contributed by atoms with Crippen molar-refractivity contribution in [2.24, 2.45) is 0 Å². The summed E-state index contributed by atoms with van der Waals surface area (Å²) in [5.41, 5.74) is 0. The smallest absolute Gasteiger partial charge is 0.234 e. The van der Waals surface area contributed by atoms with Crippen molar-refractivity contribution < 1.29 is 4.79 Å². The Morgan fingerprint density at radius 2 is 2.64 bits per heavy atom. The average Bonchev–Trinajstić information content (AvgIpc) is 2.40. The molecule has 1 fully saturated rings. The molecule has 0 aromatic heterocycles. The molecule has 1 N–H and O–H groups in total. The minimum Gasteiger partial charge on any atom is -0.352 e. The van der Waals surface area contributed by atoms with E-state index in [4.69, 9.17) is 5.26 Å². The van der Waals surface area contributed by atoms with Crippen LogP contribution in [0.1, 0.15) is 12.8 Å². The number of hydrogen-bond acceptors (Lipinski definition) is 3. The van der Waals surface area contributed by atoms with Gasteiger partial charge in [-0.1, -0.05) is 0 Å². The van der Waals surface area contributed by atoms with Crippen molar-refractivity contribution in [2.45, 2.75) is 18.9 Å². The highest BCUT2D eigenvalue weighted by Gasteiger charge is 2.16. The fourth-order valence-electron chi connectivity index (χ4n) is 0.999. The summed E-state index contributed by atoms with van der Waals surface area (Å²) < 4.78 is 0. The van der Waals surface area contributed by atoms with Crippen LogP contribution in [0.5, 0.6) is 0 Å². The Kier molecular flexibility index (Phi) is 3.24. The molecule has 1 atom stereocenters. The van der Waals surface area contributed by atoms with Gasteiger partial charge in [-0.15, -0.1) is 0 Å². The van der Waals surface area contributed by atoms with E-state index in [9.17, 15) is 4.79 Å². The van der Waals surface area contributed by atoms with E-state index in [0.717, 1.165) is 17.9 Å². The number of nitrogens with zero attached hydrogens (tertiary/aromatic N) is 1. The van der Waals surface area contributed by atoms with Crippen molar-refractivity contribution in [2.75, 3.05) is 11.5 Å². The maximum absolute atomic E-state index is 10.9. The standard InChI is InChI=1S/C7H10N2OS/c8-3-1-7(10)9-6-2-4-11-5-6/h6H,1-2,4-5H2,(H,9,10). The number of hydrogen-bond donors (Lipinski definition) is 1. The Hall–Kier alpha value is -0.690. The second-order valence-electron chi connectivity index (χ2n) is 2.46. The van der Waals surface area contributed by atoms with Crippen LogP contribution in [0.2, 0.25) is 0 Å². The molecule has 0 spiro atoms. The third-order valence-electron chi connectivity index (χ3n) is 1.53. The molecule has 1 aliphatic heterocycles. The summed E-state index contributed by atoms with van der Waals surface area (Å²) in [5.74, 6) is 1.98. The van der Waals surface area contributed by atoms with Gasteiger partial charge in [0, 0.05) is 11.8 Å². The van der Waals surface area contributed by atoms with Crippen LogP contribution < -0.4 is 5.32 Å². The molecule has 1 rings (SSSR count). The summed E-state index contributed by atoms with van der Waals surface area (Å²) >= 11 is 1.84. The van der Waals surface area contributed by atoms with Gasteiger partial charge < -0.3 is 5.32 Å². The lowest BCUT2D eigenvalue weighted by atomic mass is 10.2. The topological polar surface area (TPSA) is 52.9 Å². The highest BCUT2D eigenvalue weighted by Crippen LogP contribution is 2.16. The van der Waals surface area contributed by atoms with Gasteiger partial charge in [-0.2, -0.15) is 17.0 Å². The average molecular weight is 170 g/mol. The van der Waals surface area contributed by atoms with Crippen LogP contribution in [0, 0.1) is 11.3 Å². The normalized spacial score (nSPS) is 22.6. The van der Waals surface area contributed by atoms with E-state index in [2.05, 4.69) is 5.32 Å². The highest BCUT2D eigenvalue weighted by molar-refractivity contribution is 7.99. The fourth-order valence-corrected chi connectivity index (χ4v) is 2.15. The minimum absolute atomic E-state index is 0.0127. The van der Waals surface area contributed by atoms with Crippen LogP contribution >= 0.6 is 11.8 Å². The van der Waals surface area contributed by atoms with E-state index in [1.165, 1.54) is 0 Å². The van der Waals surface area contributed by atoms with E-state index in [1.54, 1.807) is 0 Å². The van der Waals surface area contributed by atoms with Crippen LogP contribution in [0.3, 0.4) is 0 Å². The first-order chi connectivity index (χ1) is 5.33. The fraction of sp³-hybridized carbons (Fsp3) is 0.714. The second kappa shape index (κ2) is 4.24. The molecule has 0 saturated carbocycles. The molecule has 0 aromatic carbocycles. The highest BCUT2D eigenvalue weighted by atomic mass is 32.2. The van der Waals surface area contributed by atoms with Gasteiger partial charge in [-0.05, 0) is 12.2 Å². The van der Waals surface area contributed by atoms with E-state index < -0.39 is 0 Å². The quantitative estimate of drug-likeness (QED) is 0.657. The third-order valence-corrected chi connectivity index (χ3v) is 2.70. The lowest BCUT2D eigenvalue weighted by Gasteiger charge is -2.08. The Bertz CT molecular complexity index is 181. The number of carbonyl (C=O) groups is 1. The zero-order valence-corrected chi connectivity index (χ0v) is 6.99. The summed E-state index contributed by atoms with van der Waals surface area (Å²) in [5, 5.41) is 11.0. The van der Waals surface area contributed by atoms with Crippen LogP contribution in [0.4, 0.5) is 0 Å². The third kappa shape index (κ3) is 2.81. The van der Waals surface area contributed by atoms with E-state index >= 15 is 0 Å². The van der Waals surface area contributed by atoms with Gasteiger partial charge in [0.05, 0.1) is 6.07 Å². The zero-order valence-electron chi connectivity index (χ0n) is 6.17. The summed E-state index contributed by atoms with van der Waals surface area (Å²) in [7, 11) is 0. The molecule has 4 heteroatoms. The first kappa shape index (κ1) is 8.41. The van der Waals surface area contributed by atoms with Gasteiger partial charge >= 0.3 is 0 Å². The number of amides is 1. The largest absolute Gasteiger partial charge is 0.352 e. The minimum atomic E-state index is -0.139. The first-order valence-corrected chi connectivity index (χ1v) is 4.72. The van der Waals surface area contributed by atoms with Crippen LogP contribution in [-0.4, -0.2) is 23.5 Å². The van der Waals surface area contributed by atoms with Crippen molar-refractivity contribution in [3.8, 4) is 6.07 Å². The van der Waals surface area contributed by atoms with Gasteiger partial charge in [0.1, 0.15) is 6.42 Å². The van der Waals surface area contributed by atoms with Crippen LogP contribution in [-0.2, 0) is 4.79 Å². The summed E-state index contributed by atoms with van der Waals surface area (Å²) in [4.78, 5) is 10.9. The molecule has 1 heterocycles. The predicted octanol–water partition coefficient (Wildman–Crippen LogP) is 0.522. The molecule has 0 bridgehead atoms. The monoisotopic (exact) mass is 170 g/mol. The predicted molar refractivity (Wildman–Crippen MR) is 44.1 cm³/mol. The zero-order chi connectivity index (χ0) is 8.10. The van der Waals surface area contributed by atoms with Crippen LogP contribution in [0.15, 0.2) is 0 Å². The van der Waals surface area contributed by atoms with Gasteiger partial charge in [0.15, 0.2) is 0 Å². The molecule has 1 unspecified atom stereocenters. The molecule has 0 radical (unpaired) electrons. The molecular weight excluding hydrogens is 160 g/mol. The first-order valence-electron chi connectivity index (χ1n) is 3.57. The molecule has 0 aromatic rings. The van der Waals surface area contributed by atoms with E-state index in [-0.39, 0.29) is 12.3 Å². The maximum Gasteiger partial charge on any atom is 0.234 e. The van der Waals surface area contributed by atoms with Crippen molar-refractivity contribution >= 4 is 17.7 Å². The van der Waals surface area contributed by atoms with Crippen molar-refractivity contribution in [3.63, 3.8) is 0 Å². The molecule has 0 aliphatic carbocycles. The second-order valence-corrected chi connectivity index (χ2v) is 3.61. The maximum atomic E-state index is 10.9. The molecule has 11 heavy (non-hydrogen) atoms. The number of nitriles is 1. The lowest BCUT2D eigenvalue weighted by Crippen LogP contribution is -2.34. The Morgan fingerprint density at radius 1 is 1.82 bits per heavy atom. The number of nitrogens with one attached hydrogen (secondary N) is 1. The van der Waals surface area contributed by atoms with Crippen molar-refractivity contribution in [3.05, 3.63) is 0 Å². The molecule has 1 amide bonds. The number of carbonyl (C=O) groups excluding carboxylic acids is 1. The molecule has 1 aliphatic rings. The lowest BCUT2D eigenvalue weighted by molar-refractivity contribution is -0.120. The summed E-state index contributed by atoms with van der Waals surface area (Å²) in [6.45, 7) is 0. The van der Waals surface area contributed by atoms with Gasteiger partial charge in [-0.3, -0.25) is 4.79 Å². The Labute approximate surface area is 70.2 Å². The summed E-state index contributed by atoms with van der Waals surface area (Å²) in [6.07, 6.45) is 1.03. The van der Waals surface area contributed by atoms with Crippen molar-refractivity contribution in [1.29, 1.82) is 5.26 Å². The summed E-state index contributed by atoms with van der Waals surface area (Å²) in [6, 6.07) is 2.13. The Balaban J connectivity index is 2.19. The van der Waals surface area contributed by atoms with E-state index in [1.807, 2.05) is 17.8 Å². The van der Waals surface area contributed by atoms with Gasteiger partial charge in [-0.25, -0.2) is 0 Å². The number of thioether (sulfide) groups is 1.